The van der Waals surface area contributed by atoms with Crippen LogP contribution in [-0.4, -0.2) is 40.3 Å². The summed E-state index contributed by atoms with van der Waals surface area (Å²) < 4.78 is 28.8. The standard InChI is InChI=1S/C16H20N4O4S2/c1-12-5-8-19(9-6-12)26(23,24)13-3-4-15(14(11-13)20(21)22)25-16-17-7-10-18(16)2/h3-4,7,10-12H,5-6,8-9H2,1-2H3. The number of sulfonamides is 1. The number of benzene rings is 1. The smallest absolute Gasteiger partial charge is 0.284 e. The molecule has 2 aromatic rings. The van der Waals surface area contributed by atoms with E-state index in [0.717, 1.165) is 30.7 Å². The van der Waals surface area contributed by atoms with Gasteiger partial charge in [0.25, 0.3) is 5.69 Å². The van der Waals surface area contributed by atoms with Crippen molar-refractivity contribution in [1.82, 2.24) is 13.9 Å². The number of aryl methyl sites for hydroxylation is 1. The van der Waals surface area contributed by atoms with E-state index >= 15 is 0 Å². The van der Waals surface area contributed by atoms with Crippen molar-refractivity contribution in [2.75, 3.05) is 13.1 Å². The van der Waals surface area contributed by atoms with Crippen molar-refractivity contribution in [3.63, 3.8) is 0 Å². The van der Waals surface area contributed by atoms with E-state index in [-0.39, 0.29) is 10.6 Å². The van der Waals surface area contributed by atoms with Gasteiger partial charge in [0.1, 0.15) is 0 Å². The number of nitrogens with zero attached hydrogens (tertiary/aromatic N) is 4. The number of hydrogen-bond donors (Lipinski definition) is 0. The van der Waals surface area contributed by atoms with Crippen LogP contribution in [0.4, 0.5) is 5.69 Å². The Bertz CT molecular complexity index is 918. The van der Waals surface area contributed by atoms with Gasteiger partial charge in [0, 0.05) is 38.6 Å². The van der Waals surface area contributed by atoms with E-state index < -0.39 is 14.9 Å². The van der Waals surface area contributed by atoms with Gasteiger partial charge in [-0.15, -0.1) is 0 Å². The van der Waals surface area contributed by atoms with Gasteiger partial charge in [-0.1, -0.05) is 6.92 Å². The fraction of sp³-hybridized carbons (Fsp3) is 0.438. The summed E-state index contributed by atoms with van der Waals surface area (Å²) in [4.78, 5) is 15.4. The molecule has 1 aromatic carbocycles. The van der Waals surface area contributed by atoms with Gasteiger partial charge in [-0.25, -0.2) is 13.4 Å². The summed E-state index contributed by atoms with van der Waals surface area (Å²) in [6, 6.07) is 4.07. The van der Waals surface area contributed by atoms with Gasteiger partial charge in [0.2, 0.25) is 10.0 Å². The molecule has 1 aromatic heterocycles. The van der Waals surface area contributed by atoms with Gasteiger partial charge < -0.3 is 4.57 Å². The van der Waals surface area contributed by atoms with Crippen molar-refractivity contribution in [3.8, 4) is 0 Å². The minimum absolute atomic E-state index is 0.0389. The number of hydrogen-bond acceptors (Lipinski definition) is 6. The van der Waals surface area contributed by atoms with E-state index in [4.69, 9.17) is 0 Å². The summed E-state index contributed by atoms with van der Waals surface area (Å²) in [6.45, 7) is 2.99. The Labute approximate surface area is 156 Å². The van der Waals surface area contributed by atoms with E-state index in [0.29, 0.717) is 29.1 Å². The highest BCUT2D eigenvalue weighted by atomic mass is 32.2. The van der Waals surface area contributed by atoms with Crippen LogP contribution >= 0.6 is 11.8 Å². The van der Waals surface area contributed by atoms with Crippen molar-refractivity contribution in [1.29, 1.82) is 0 Å². The molecule has 0 atom stereocenters. The predicted octanol–water partition coefficient (Wildman–Crippen LogP) is 2.90. The molecular formula is C16H20N4O4S2. The SMILES string of the molecule is CC1CCN(S(=O)(=O)c2ccc(Sc3nccn3C)c([N+](=O)[O-])c2)CC1. The zero-order chi connectivity index (χ0) is 18.9. The maximum Gasteiger partial charge on any atom is 0.284 e. The Hall–Kier alpha value is -1.91. The van der Waals surface area contributed by atoms with Crippen LogP contribution in [0.5, 0.6) is 0 Å². The van der Waals surface area contributed by atoms with E-state index in [9.17, 15) is 18.5 Å². The van der Waals surface area contributed by atoms with E-state index in [1.54, 1.807) is 24.0 Å². The second-order valence-electron chi connectivity index (χ2n) is 6.40. The first-order chi connectivity index (χ1) is 12.3. The average molecular weight is 396 g/mol. The number of rotatable bonds is 5. The Morgan fingerprint density at radius 3 is 2.58 bits per heavy atom. The van der Waals surface area contributed by atoms with Crippen molar-refractivity contribution in [3.05, 3.63) is 40.7 Å². The number of nitro benzene ring substituents is 1. The third-order valence-corrected chi connectivity index (χ3v) is 7.52. The average Bonchev–Trinajstić information content (AvgIpc) is 3.00. The lowest BCUT2D eigenvalue weighted by Gasteiger charge is -2.29. The van der Waals surface area contributed by atoms with Crippen LogP contribution < -0.4 is 0 Å². The Kier molecular flexibility index (Phi) is 5.35. The van der Waals surface area contributed by atoms with Crippen molar-refractivity contribution in [2.45, 2.75) is 34.7 Å². The third kappa shape index (κ3) is 3.76. The number of imidazole rings is 1. The second-order valence-corrected chi connectivity index (χ2v) is 9.34. The Balaban J connectivity index is 1.93. The van der Waals surface area contributed by atoms with Gasteiger partial charge in [0.15, 0.2) is 5.16 Å². The molecule has 0 spiro atoms. The van der Waals surface area contributed by atoms with Crippen LogP contribution in [-0.2, 0) is 17.1 Å². The molecule has 0 unspecified atom stereocenters. The highest BCUT2D eigenvalue weighted by molar-refractivity contribution is 7.99. The molecule has 0 saturated carbocycles. The molecule has 10 heteroatoms. The monoisotopic (exact) mass is 396 g/mol. The van der Waals surface area contributed by atoms with E-state index in [2.05, 4.69) is 11.9 Å². The Morgan fingerprint density at radius 1 is 1.31 bits per heavy atom. The minimum atomic E-state index is -3.73. The third-order valence-electron chi connectivity index (χ3n) is 4.49. The molecule has 1 aliphatic heterocycles. The molecule has 0 amide bonds. The maximum atomic E-state index is 12.8. The number of piperidine rings is 1. The van der Waals surface area contributed by atoms with Gasteiger partial charge >= 0.3 is 0 Å². The van der Waals surface area contributed by atoms with Crippen LogP contribution in [0.2, 0.25) is 0 Å². The summed E-state index contributed by atoms with van der Waals surface area (Å²) in [5, 5.41) is 12.1. The summed E-state index contributed by atoms with van der Waals surface area (Å²) in [6.07, 6.45) is 4.94. The summed E-state index contributed by atoms with van der Waals surface area (Å²) in [7, 11) is -1.94. The van der Waals surface area contributed by atoms with Crippen LogP contribution in [0, 0.1) is 16.0 Å². The molecule has 8 nitrogen and oxygen atoms in total. The molecule has 0 N–H and O–H groups in total. The lowest BCUT2D eigenvalue weighted by Crippen LogP contribution is -2.37. The van der Waals surface area contributed by atoms with Crippen LogP contribution in [0.1, 0.15) is 19.8 Å². The molecule has 2 heterocycles. The summed E-state index contributed by atoms with van der Waals surface area (Å²) in [5.41, 5.74) is -0.232. The fourth-order valence-electron chi connectivity index (χ4n) is 2.81. The molecule has 0 aliphatic carbocycles. The van der Waals surface area contributed by atoms with Crippen LogP contribution in [0.25, 0.3) is 0 Å². The highest BCUT2D eigenvalue weighted by Crippen LogP contribution is 2.36. The molecule has 140 valence electrons. The van der Waals surface area contributed by atoms with Gasteiger partial charge in [0.05, 0.1) is 14.7 Å². The molecule has 0 bridgehead atoms. The lowest BCUT2D eigenvalue weighted by atomic mass is 10.0. The van der Waals surface area contributed by atoms with Gasteiger partial charge in [-0.3, -0.25) is 10.1 Å². The quantitative estimate of drug-likeness (QED) is 0.569. The Morgan fingerprint density at radius 2 is 2.00 bits per heavy atom. The summed E-state index contributed by atoms with van der Waals surface area (Å²) >= 11 is 1.13. The molecular weight excluding hydrogens is 376 g/mol. The van der Waals surface area contributed by atoms with Crippen molar-refractivity contribution >= 4 is 27.5 Å². The first-order valence-corrected chi connectivity index (χ1v) is 10.5. The van der Waals surface area contributed by atoms with E-state index in [1.165, 1.54) is 16.4 Å². The molecule has 1 aliphatic rings. The highest BCUT2D eigenvalue weighted by Gasteiger charge is 2.30. The lowest BCUT2D eigenvalue weighted by molar-refractivity contribution is -0.388. The van der Waals surface area contributed by atoms with E-state index in [1.807, 2.05) is 0 Å². The zero-order valence-electron chi connectivity index (χ0n) is 14.5. The first kappa shape index (κ1) is 18.9. The second kappa shape index (κ2) is 7.37. The normalized spacial score (nSPS) is 16.7. The van der Waals surface area contributed by atoms with Gasteiger partial charge in [-0.05, 0) is 42.7 Å². The molecule has 1 saturated heterocycles. The van der Waals surface area contributed by atoms with Crippen molar-refractivity contribution in [2.24, 2.45) is 13.0 Å². The minimum Gasteiger partial charge on any atom is -0.329 e. The maximum absolute atomic E-state index is 12.8. The zero-order valence-corrected chi connectivity index (χ0v) is 16.2. The van der Waals surface area contributed by atoms with Crippen LogP contribution in [0.3, 0.4) is 0 Å². The van der Waals surface area contributed by atoms with Crippen molar-refractivity contribution < 1.29 is 13.3 Å². The molecule has 26 heavy (non-hydrogen) atoms. The number of nitro groups is 1. The van der Waals surface area contributed by atoms with Gasteiger partial charge in [-0.2, -0.15) is 4.31 Å². The summed E-state index contributed by atoms with van der Waals surface area (Å²) in [5.74, 6) is 0.493. The topological polar surface area (TPSA) is 98.3 Å². The number of aromatic nitrogens is 2. The molecule has 3 rings (SSSR count). The fourth-order valence-corrected chi connectivity index (χ4v) is 5.19. The van der Waals surface area contributed by atoms with Crippen LogP contribution in [0.15, 0.2) is 45.5 Å². The first-order valence-electron chi connectivity index (χ1n) is 8.23. The predicted molar refractivity (Wildman–Crippen MR) is 97.6 cm³/mol. The molecule has 0 radical (unpaired) electrons. The molecule has 1 fully saturated rings. The largest absolute Gasteiger partial charge is 0.329 e.